The van der Waals surface area contributed by atoms with Crippen LogP contribution in [0.5, 0.6) is 0 Å². The standard InChI is InChI=1S/C16H10F3N3O2/c17-16(18,19)12-2-1-3-13(8-12)21-10-22-14-6-7-20-9-11(14)4-5-15(23)24/h1-9H,(H,23,24)/b5-4+. The fraction of sp³-hybridized carbons (Fsp3) is 0.0625. The largest absolute Gasteiger partial charge is 0.478 e. The first-order valence-electron chi connectivity index (χ1n) is 6.55. The van der Waals surface area contributed by atoms with Gasteiger partial charge in [-0.25, -0.2) is 4.79 Å². The maximum atomic E-state index is 12.6. The van der Waals surface area contributed by atoms with Crippen molar-refractivity contribution in [1.29, 1.82) is 0 Å². The van der Waals surface area contributed by atoms with Crippen LogP contribution in [0, 0.1) is 0 Å². The first kappa shape index (κ1) is 17.1. The van der Waals surface area contributed by atoms with Crippen LogP contribution in [0.2, 0.25) is 0 Å². The smallest absolute Gasteiger partial charge is 0.416 e. The molecule has 0 fully saturated rings. The highest BCUT2D eigenvalue weighted by Crippen LogP contribution is 2.31. The summed E-state index contributed by atoms with van der Waals surface area (Å²) in [5.41, 5.74) is -0.0327. The molecule has 2 rings (SSSR count). The number of carboxylic acid groups (broad SMARTS) is 1. The second-order valence-electron chi connectivity index (χ2n) is 4.48. The van der Waals surface area contributed by atoms with E-state index in [-0.39, 0.29) is 5.69 Å². The van der Waals surface area contributed by atoms with Gasteiger partial charge < -0.3 is 5.11 Å². The molecule has 0 spiro atoms. The van der Waals surface area contributed by atoms with Gasteiger partial charge in [0.15, 0.2) is 0 Å². The summed E-state index contributed by atoms with van der Waals surface area (Å²) in [6.07, 6.45) is 0.579. The number of benzene rings is 1. The topological polar surface area (TPSA) is 74.9 Å². The van der Waals surface area contributed by atoms with Gasteiger partial charge in [0, 0.05) is 24.0 Å². The molecule has 0 unspecified atom stereocenters. The average Bonchev–Trinajstić information content (AvgIpc) is 2.53. The number of aliphatic carboxylic acids is 1. The van der Waals surface area contributed by atoms with Gasteiger partial charge in [-0.3, -0.25) is 4.98 Å². The molecule has 0 amide bonds. The van der Waals surface area contributed by atoms with Crippen LogP contribution in [0.1, 0.15) is 11.1 Å². The highest BCUT2D eigenvalue weighted by molar-refractivity contribution is 5.86. The average molecular weight is 333 g/mol. The van der Waals surface area contributed by atoms with Gasteiger partial charge in [-0.1, -0.05) is 6.07 Å². The zero-order valence-electron chi connectivity index (χ0n) is 12.0. The van der Waals surface area contributed by atoms with Crippen molar-refractivity contribution in [2.45, 2.75) is 6.18 Å². The molecule has 0 aliphatic rings. The summed E-state index contributed by atoms with van der Waals surface area (Å²) in [7, 11) is 0. The van der Waals surface area contributed by atoms with Crippen LogP contribution in [-0.2, 0) is 11.0 Å². The Morgan fingerprint density at radius 1 is 1.25 bits per heavy atom. The van der Waals surface area contributed by atoms with Crippen molar-refractivity contribution in [3.05, 3.63) is 59.9 Å². The van der Waals surface area contributed by atoms with E-state index in [0.29, 0.717) is 11.3 Å². The third-order valence-corrected chi connectivity index (χ3v) is 2.76. The first-order valence-corrected chi connectivity index (χ1v) is 6.55. The van der Waals surface area contributed by atoms with E-state index < -0.39 is 17.7 Å². The Morgan fingerprint density at radius 3 is 2.75 bits per heavy atom. The van der Waals surface area contributed by atoms with Gasteiger partial charge in [0.25, 0.3) is 0 Å². The van der Waals surface area contributed by atoms with Gasteiger partial charge in [0.05, 0.1) is 16.9 Å². The van der Waals surface area contributed by atoms with E-state index in [1.807, 2.05) is 0 Å². The van der Waals surface area contributed by atoms with Crippen LogP contribution in [0.3, 0.4) is 0 Å². The van der Waals surface area contributed by atoms with Gasteiger partial charge in [-0.05, 0) is 30.3 Å². The highest BCUT2D eigenvalue weighted by Gasteiger charge is 2.30. The molecular formula is C16H10F3N3O2. The summed E-state index contributed by atoms with van der Waals surface area (Å²) in [4.78, 5) is 22.0. The van der Waals surface area contributed by atoms with E-state index in [9.17, 15) is 18.0 Å². The van der Waals surface area contributed by atoms with Gasteiger partial charge in [0.2, 0.25) is 0 Å². The number of pyridine rings is 1. The maximum Gasteiger partial charge on any atom is 0.416 e. The zero-order chi connectivity index (χ0) is 17.6. The van der Waals surface area contributed by atoms with Crippen LogP contribution < -0.4 is 0 Å². The third kappa shape index (κ3) is 4.89. The van der Waals surface area contributed by atoms with Crippen molar-refractivity contribution in [3.8, 4) is 0 Å². The molecule has 1 heterocycles. The lowest BCUT2D eigenvalue weighted by Crippen LogP contribution is -2.03. The molecule has 0 aliphatic heterocycles. The van der Waals surface area contributed by atoms with Crippen molar-refractivity contribution in [1.82, 2.24) is 4.98 Å². The molecule has 0 atom stereocenters. The van der Waals surface area contributed by atoms with E-state index in [1.54, 1.807) is 0 Å². The Kier molecular flexibility index (Phi) is 5.23. The van der Waals surface area contributed by atoms with Crippen LogP contribution in [0.15, 0.2) is 58.8 Å². The number of aliphatic imine (C=N–C) groups is 2. The van der Waals surface area contributed by atoms with Crippen LogP contribution in [0.4, 0.5) is 24.5 Å². The van der Waals surface area contributed by atoms with E-state index in [1.165, 1.54) is 36.7 Å². The molecule has 24 heavy (non-hydrogen) atoms. The van der Waals surface area contributed by atoms with Crippen molar-refractivity contribution in [2.75, 3.05) is 0 Å². The molecular weight excluding hydrogens is 323 g/mol. The Labute approximate surface area is 134 Å². The number of carboxylic acids is 1. The molecule has 0 saturated carbocycles. The molecule has 1 aromatic heterocycles. The number of halogens is 3. The van der Waals surface area contributed by atoms with E-state index in [4.69, 9.17) is 5.11 Å². The first-order chi connectivity index (χ1) is 11.4. The van der Waals surface area contributed by atoms with Crippen LogP contribution in [0.25, 0.3) is 6.08 Å². The lowest BCUT2D eigenvalue weighted by atomic mass is 10.2. The number of aromatic nitrogens is 1. The molecule has 1 aromatic carbocycles. The maximum absolute atomic E-state index is 12.6. The molecule has 1 N–H and O–H groups in total. The van der Waals surface area contributed by atoms with Crippen LogP contribution in [-0.4, -0.2) is 22.1 Å². The van der Waals surface area contributed by atoms with E-state index in [2.05, 4.69) is 21.0 Å². The Balaban J connectivity index is 2.28. The normalized spacial score (nSPS) is 11.1. The minimum atomic E-state index is -4.46. The number of nitrogens with zero attached hydrogens (tertiary/aromatic N) is 3. The molecule has 8 heteroatoms. The third-order valence-electron chi connectivity index (χ3n) is 2.76. The zero-order valence-corrected chi connectivity index (χ0v) is 12.0. The summed E-state index contributed by atoms with van der Waals surface area (Å²) in [6, 6.07) is 8.23. The van der Waals surface area contributed by atoms with Crippen molar-refractivity contribution >= 4 is 29.4 Å². The predicted molar refractivity (Wildman–Crippen MR) is 81.5 cm³/mol. The van der Waals surface area contributed by atoms with Gasteiger partial charge >= 0.3 is 12.1 Å². The lowest BCUT2D eigenvalue weighted by molar-refractivity contribution is -0.137. The van der Waals surface area contributed by atoms with Crippen molar-refractivity contribution in [3.63, 3.8) is 0 Å². The van der Waals surface area contributed by atoms with Crippen molar-refractivity contribution in [2.24, 2.45) is 9.98 Å². The minimum absolute atomic E-state index is 0.0465. The molecule has 0 saturated heterocycles. The minimum Gasteiger partial charge on any atom is -0.478 e. The molecule has 122 valence electrons. The molecule has 0 radical (unpaired) electrons. The number of hydrogen-bond donors (Lipinski definition) is 1. The van der Waals surface area contributed by atoms with Gasteiger partial charge in [-0.15, -0.1) is 0 Å². The molecule has 2 aromatic rings. The fourth-order valence-corrected chi connectivity index (χ4v) is 1.68. The number of rotatable bonds is 4. The molecule has 0 aliphatic carbocycles. The summed E-state index contributed by atoms with van der Waals surface area (Å²) < 4.78 is 37.8. The second kappa shape index (κ2) is 7.34. The van der Waals surface area contributed by atoms with E-state index in [0.717, 1.165) is 18.2 Å². The summed E-state index contributed by atoms with van der Waals surface area (Å²) in [6.45, 7) is 0. The molecule has 5 nitrogen and oxygen atoms in total. The SMILES string of the molecule is O=C(O)/C=C/c1cnccc1N=C=Nc1cccc(C(F)(F)F)c1. The van der Waals surface area contributed by atoms with Crippen molar-refractivity contribution < 1.29 is 23.1 Å². The fourth-order valence-electron chi connectivity index (χ4n) is 1.68. The van der Waals surface area contributed by atoms with Gasteiger partial charge in [0.1, 0.15) is 6.01 Å². The lowest BCUT2D eigenvalue weighted by Gasteiger charge is -2.05. The van der Waals surface area contributed by atoms with E-state index >= 15 is 0 Å². The summed E-state index contributed by atoms with van der Waals surface area (Å²) in [5.74, 6) is -1.13. The highest BCUT2D eigenvalue weighted by atomic mass is 19.4. The van der Waals surface area contributed by atoms with Gasteiger partial charge in [-0.2, -0.15) is 23.2 Å². The number of alkyl halides is 3. The Morgan fingerprint density at radius 2 is 2.04 bits per heavy atom. The Bertz CT molecular complexity index is 838. The monoisotopic (exact) mass is 333 g/mol. The summed E-state index contributed by atoms with van der Waals surface area (Å²) >= 11 is 0. The predicted octanol–water partition coefficient (Wildman–Crippen LogP) is 4.34. The molecule has 0 bridgehead atoms. The summed E-state index contributed by atoms with van der Waals surface area (Å²) in [5, 5.41) is 8.62. The Hall–Kier alpha value is -3.25. The number of hydrogen-bond acceptors (Lipinski definition) is 4. The van der Waals surface area contributed by atoms with Crippen LogP contribution >= 0.6 is 0 Å². The quantitative estimate of drug-likeness (QED) is 0.668. The second-order valence-corrected chi connectivity index (χ2v) is 4.48. The number of carbonyl (C=O) groups is 1.